The first-order valence-electron chi connectivity index (χ1n) is 5.63. The maximum absolute atomic E-state index is 5.60. The van der Waals surface area contributed by atoms with E-state index in [4.69, 9.17) is 4.74 Å². The summed E-state index contributed by atoms with van der Waals surface area (Å²) < 4.78 is 6.46. The fourth-order valence-electron chi connectivity index (χ4n) is 1.29. The molecule has 0 amide bonds. The Balaban J connectivity index is 2.09. The van der Waals surface area contributed by atoms with Crippen molar-refractivity contribution >= 4 is 21.9 Å². The Morgan fingerprint density at radius 2 is 2.28 bits per heavy atom. The smallest absolute Gasteiger partial charge is 0.225 e. The lowest BCUT2D eigenvalue weighted by Gasteiger charge is -2.06. The Morgan fingerprint density at radius 1 is 1.39 bits per heavy atom. The highest BCUT2D eigenvalue weighted by Crippen LogP contribution is 2.21. The number of rotatable bonds is 5. The van der Waals surface area contributed by atoms with Gasteiger partial charge in [0.05, 0.1) is 6.20 Å². The largest absolute Gasteiger partial charge is 0.437 e. The number of ether oxygens (including phenoxy) is 1. The minimum atomic E-state index is 0.489. The van der Waals surface area contributed by atoms with Crippen molar-refractivity contribution in [2.45, 2.75) is 13.3 Å². The highest BCUT2D eigenvalue weighted by Gasteiger charge is 2.02. The summed E-state index contributed by atoms with van der Waals surface area (Å²) in [5.74, 6) is 1.69. The van der Waals surface area contributed by atoms with Gasteiger partial charge in [0.2, 0.25) is 11.8 Å². The van der Waals surface area contributed by atoms with Crippen LogP contribution >= 0.6 is 15.9 Å². The van der Waals surface area contributed by atoms with E-state index in [0.29, 0.717) is 17.6 Å². The summed E-state index contributed by atoms with van der Waals surface area (Å²) in [6.45, 7) is 2.92. The number of nitrogens with one attached hydrogen (secondary N) is 1. The molecule has 5 nitrogen and oxygen atoms in total. The van der Waals surface area contributed by atoms with Crippen molar-refractivity contribution in [2.75, 3.05) is 11.9 Å². The molecule has 94 valence electrons. The Hall–Kier alpha value is -1.69. The molecule has 6 heteroatoms. The minimum Gasteiger partial charge on any atom is -0.437 e. The van der Waals surface area contributed by atoms with E-state index in [9.17, 15) is 0 Å². The summed E-state index contributed by atoms with van der Waals surface area (Å²) in [5.41, 5.74) is 0. The van der Waals surface area contributed by atoms with Crippen LogP contribution in [0.1, 0.15) is 13.3 Å². The summed E-state index contributed by atoms with van der Waals surface area (Å²) in [4.78, 5) is 12.4. The van der Waals surface area contributed by atoms with Crippen LogP contribution in [0, 0.1) is 0 Å². The van der Waals surface area contributed by atoms with Gasteiger partial charge in [-0.3, -0.25) is 4.98 Å². The number of halogens is 1. The van der Waals surface area contributed by atoms with Crippen molar-refractivity contribution in [3.63, 3.8) is 0 Å². The molecule has 0 saturated heterocycles. The summed E-state index contributed by atoms with van der Waals surface area (Å²) >= 11 is 3.34. The molecule has 2 rings (SSSR count). The zero-order chi connectivity index (χ0) is 12.8. The number of hydrogen-bond donors (Lipinski definition) is 1. The molecule has 0 unspecified atom stereocenters. The van der Waals surface area contributed by atoms with Crippen LogP contribution in [0.2, 0.25) is 0 Å². The van der Waals surface area contributed by atoms with Gasteiger partial charge >= 0.3 is 0 Å². The highest BCUT2D eigenvalue weighted by molar-refractivity contribution is 9.10. The summed E-state index contributed by atoms with van der Waals surface area (Å²) in [5, 5.41) is 3.10. The van der Waals surface area contributed by atoms with Crippen LogP contribution in [-0.4, -0.2) is 21.5 Å². The second-order valence-corrected chi connectivity index (χ2v) is 4.50. The predicted octanol–water partition coefficient (Wildman–Crippen LogP) is 3.25. The molecule has 0 radical (unpaired) electrons. The van der Waals surface area contributed by atoms with E-state index in [1.165, 1.54) is 0 Å². The lowest BCUT2D eigenvalue weighted by Crippen LogP contribution is -2.04. The first kappa shape index (κ1) is 12.8. The SMILES string of the molecule is CCCNc1nccc(Oc2cncc(Br)c2)n1. The van der Waals surface area contributed by atoms with Crippen molar-refractivity contribution < 1.29 is 4.74 Å². The zero-order valence-electron chi connectivity index (χ0n) is 9.93. The number of nitrogens with zero attached hydrogens (tertiary/aromatic N) is 3. The maximum Gasteiger partial charge on any atom is 0.225 e. The number of aromatic nitrogens is 3. The first-order valence-corrected chi connectivity index (χ1v) is 6.42. The molecule has 0 aromatic carbocycles. The Bertz CT molecular complexity index is 521. The van der Waals surface area contributed by atoms with Crippen LogP contribution in [0.4, 0.5) is 5.95 Å². The minimum absolute atomic E-state index is 0.489. The average molecular weight is 309 g/mol. The van der Waals surface area contributed by atoms with Gasteiger partial charge < -0.3 is 10.1 Å². The van der Waals surface area contributed by atoms with Gasteiger partial charge in [-0.1, -0.05) is 6.92 Å². The predicted molar refractivity (Wildman–Crippen MR) is 72.8 cm³/mol. The third-order valence-electron chi connectivity index (χ3n) is 2.07. The molecule has 0 spiro atoms. The molecule has 0 atom stereocenters. The van der Waals surface area contributed by atoms with Gasteiger partial charge in [0.15, 0.2) is 0 Å². The molecule has 0 aliphatic carbocycles. The quantitative estimate of drug-likeness (QED) is 0.918. The average Bonchev–Trinajstić information content (AvgIpc) is 2.37. The van der Waals surface area contributed by atoms with E-state index < -0.39 is 0 Å². The monoisotopic (exact) mass is 308 g/mol. The maximum atomic E-state index is 5.60. The number of hydrogen-bond acceptors (Lipinski definition) is 5. The van der Waals surface area contributed by atoms with Gasteiger partial charge in [0.25, 0.3) is 0 Å². The molecule has 0 aliphatic rings. The van der Waals surface area contributed by atoms with Gasteiger partial charge in [0.1, 0.15) is 5.75 Å². The Morgan fingerprint density at radius 3 is 3.06 bits per heavy atom. The van der Waals surface area contributed by atoms with E-state index in [-0.39, 0.29) is 0 Å². The zero-order valence-corrected chi connectivity index (χ0v) is 11.5. The van der Waals surface area contributed by atoms with Gasteiger partial charge in [-0.25, -0.2) is 4.98 Å². The molecule has 0 fully saturated rings. The van der Waals surface area contributed by atoms with Crippen molar-refractivity contribution in [3.05, 3.63) is 35.2 Å². The molecule has 0 saturated carbocycles. The van der Waals surface area contributed by atoms with Gasteiger partial charge in [-0.15, -0.1) is 0 Å². The van der Waals surface area contributed by atoms with Gasteiger partial charge in [-0.05, 0) is 28.4 Å². The molecule has 2 aromatic heterocycles. The molecule has 1 N–H and O–H groups in total. The third kappa shape index (κ3) is 3.66. The van der Waals surface area contributed by atoms with E-state index in [1.807, 2.05) is 6.07 Å². The lowest BCUT2D eigenvalue weighted by atomic mass is 10.4. The molecule has 2 heterocycles. The standard InChI is InChI=1S/C12H13BrN4O/c1-2-4-15-12-16-5-3-11(17-12)18-10-6-9(13)7-14-8-10/h3,5-8H,2,4H2,1H3,(H,15,16,17). The van der Waals surface area contributed by atoms with Gasteiger partial charge in [0, 0.05) is 29.5 Å². The first-order chi connectivity index (χ1) is 8.78. The van der Waals surface area contributed by atoms with E-state index >= 15 is 0 Å². The number of anilines is 1. The molecule has 18 heavy (non-hydrogen) atoms. The van der Waals surface area contributed by atoms with Crippen LogP contribution < -0.4 is 10.1 Å². The van der Waals surface area contributed by atoms with Crippen molar-refractivity contribution in [1.29, 1.82) is 0 Å². The van der Waals surface area contributed by atoms with E-state index in [1.54, 1.807) is 24.7 Å². The molecule has 2 aromatic rings. The number of pyridine rings is 1. The highest BCUT2D eigenvalue weighted by atomic mass is 79.9. The summed E-state index contributed by atoms with van der Waals surface area (Å²) in [6, 6.07) is 3.53. The summed E-state index contributed by atoms with van der Waals surface area (Å²) in [6.07, 6.45) is 6.00. The lowest BCUT2D eigenvalue weighted by molar-refractivity contribution is 0.460. The van der Waals surface area contributed by atoms with Crippen molar-refractivity contribution in [3.8, 4) is 11.6 Å². The second-order valence-electron chi connectivity index (χ2n) is 3.59. The molecular formula is C12H13BrN4O. The molecule has 0 bridgehead atoms. The van der Waals surface area contributed by atoms with Crippen LogP contribution in [0.15, 0.2) is 35.2 Å². The van der Waals surface area contributed by atoms with E-state index in [0.717, 1.165) is 17.4 Å². The summed E-state index contributed by atoms with van der Waals surface area (Å²) in [7, 11) is 0. The van der Waals surface area contributed by atoms with E-state index in [2.05, 4.69) is 43.1 Å². The molecule has 0 aliphatic heterocycles. The van der Waals surface area contributed by atoms with Crippen LogP contribution in [-0.2, 0) is 0 Å². The topological polar surface area (TPSA) is 59.9 Å². The van der Waals surface area contributed by atoms with Crippen LogP contribution in [0.3, 0.4) is 0 Å². The van der Waals surface area contributed by atoms with Crippen LogP contribution in [0.25, 0.3) is 0 Å². The second kappa shape index (κ2) is 6.30. The Labute approximate surface area is 114 Å². The fraction of sp³-hybridized carbons (Fsp3) is 0.250. The third-order valence-corrected chi connectivity index (χ3v) is 2.50. The van der Waals surface area contributed by atoms with Crippen LogP contribution in [0.5, 0.6) is 11.6 Å². The van der Waals surface area contributed by atoms with Crippen molar-refractivity contribution in [2.24, 2.45) is 0 Å². The van der Waals surface area contributed by atoms with Gasteiger partial charge in [-0.2, -0.15) is 4.98 Å². The fourth-order valence-corrected chi connectivity index (χ4v) is 1.63. The normalized spacial score (nSPS) is 10.1. The van der Waals surface area contributed by atoms with Crippen molar-refractivity contribution in [1.82, 2.24) is 15.0 Å². The molecular weight excluding hydrogens is 296 g/mol. The Kier molecular flexibility index (Phi) is 4.46.